The van der Waals surface area contributed by atoms with E-state index in [9.17, 15) is 9.59 Å². The highest BCUT2D eigenvalue weighted by Crippen LogP contribution is 2.27. The number of carbonyl (C=O) groups is 2. The number of nitrogens with zero attached hydrogens (tertiary/aromatic N) is 2. The van der Waals surface area contributed by atoms with Crippen molar-refractivity contribution in [2.24, 2.45) is 0 Å². The van der Waals surface area contributed by atoms with Crippen LogP contribution in [0.4, 0.5) is 0 Å². The van der Waals surface area contributed by atoms with Crippen molar-refractivity contribution in [2.75, 3.05) is 32.6 Å². The standard InChI is InChI=1S/C18H23N3O4S/c1-13-18(14(2)21(20-13)15-7-5-4-6-8-15)26-12-17(23)25-11-16(22)19-9-10-24-3/h4-8H,9-12H2,1-3H3,(H,19,22). The fraction of sp³-hybridized carbons (Fsp3) is 0.389. The second kappa shape index (κ2) is 9.98. The Morgan fingerprint density at radius 3 is 2.65 bits per heavy atom. The van der Waals surface area contributed by atoms with Crippen LogP contribution in [0.2, 0.25) is 0 Å². The zero-order chi connectivity index (χ0) is 18.9. The largest absolute Gasteiger partial charge is 0.455 e. The molecule has 2 aromatic rings. The van der Waals surface area contributed by atoms with Gasteiger partial charge in [0.1, 0.15) is 0 Å². The summed E-state index contributed by atoms with van der Waals surface area (Å²) in [6.07, 6.45) is 0. The SMILES string of the molecule is COCCNC(=O)COC(=O)CSc1c(C)nn(-c2ccccc2)c1C. The van der Waals surface area contributed by atoms with E-state index in [4.69, 9.17) is 9.47 Å². The van der Waals surface area contributed by atoms with Gasteiger partial charge in [-0.1, -0.05) is 18.2 Å². The second-order valence-corrected chi connectivity index (χ2v) is 6.53. The lowest BCUT2D eigenvalue weighted by atomic mass is 10.3. The minimum absolute atomic E-state index is 0.119. The summed E-state index contributed by atoms with van der Waals surface area (Å²) in [4.78, 5) is 24.3. The van der Waals surface area contributed by atoms with Gasteiger partial charge in [-0.05, 0) is 26.0 Å². The molecule has 1 heterocycles. The molecule has 1 aromatic heterocycles. The normalized spacial score (nSPS) is 10.6. The quantitative estimate of drug-likeness (QED) is 0.408. The maximum absolute atomic E-state index is 11.9. The lowest BCUT2D eigenvalue weighted by Gasteiger charge is -2.07. The molecule has 0 aliphatic rings. The molecule has 0 atom stereocenters. The number of hydrogen-bond donors (Lipinski definition) is 1. The number of aryl methyl sites for hydroxylation is 1. The van der Waals surface area contributed by atoms with Gasteiger partial charge in [-0.25, -0.2) is 4.68 Å². The molecule has 1 aromatic carbocycles. The van der Waals surface area contributed by atoms with Gasteiger partial charge in [0, 0.05) is 13.7 Å². The minimum atomic E-state index is -0.442. The molecule has 7 nitrogen and oxygen atoms in total. The molecule has 0 fully saturated rings. The van der Waals surface area contributed by atoms with E-state index < -0.39 is 5.97 Å². The van der Waals surface area contributed by atoms with Crippen molar-refractivity contribution in [3.05, 3.63) is 41.7 Å². The van der Waals surface area contributed by atoms with Gasteiger partial charge in [0.15, 0.2) is 6.61 Å². The van der Waals surface area contributed by atoms with Crippen molar-refractivity contribution in [2.45, 2.75) is 18.7 Å². The average molecular weight is 377 g/mol. The number of methoxy groups -OCH3 is 1. The molecular weight excluding hydrogens is 354 g/mol. The van der Waals surface area contributed by atoms with E-state index in [1.807, 2.05) is 48.9 Å². The number of rotatable bonds is 9. The third-order valence-corrected chi connectivity index (χ3v) is 4.81. The molecule has 0 aliphatic carbocycles. The maximum atomic E-state index is 11.9. The van der Waals surface area contributed by atoms with E-state index in [-0.39, 0.29) is 18.3 Å². The summed E-state index contributed by atoms with van der Waals surface area (Å²) in [6.45, 7) is 4.38. The number of nitrogens with one attached hydrogen (secondary N) is 1. The van der Waals surface area contributed by atoms with Crippen LogP contribution in [0.3, 0.4) is 0 Å². The van der Waals surface area contributed by atoms with Crippen molar-refractivity contribution >= 4 is 23.6 Å². The number of ether oxygens (including phenoxy) is 2. The number of carbonyl (C=O) groups excluding carboxylic acids is 2. The predicted octanol–water partition coefficient (Wildman–Crippen LogP) is 1.89. The number of para-hydroxylation sites is 1. The summed E-state index contributed by atoms with van der Waals surface area (Å²) in [5.41, 5.74) is 2.78. The van der Waals surface area contributed by atoms with E-state index in [2.05, 4.69) is 10.4 Å². The number of benzene rings is 1. The monoisotopic (exact) mass is 377 g/mol. The molecule has 2 rings (SSSR count). The number of hydrogen-bond acceptors (Lipinski definition) is 6. The zero-order valence-electron chi connectivity index (χ0n) is 15.2. The lowest BCUT2D eigenvalue weighted by Crippen LogP contribution is -2.31. The van der Waals surface area contributed by atoms with Gasteiger partial charge in [-0.2, -0.15) is 5.10 Å². The molecule has 0 saturated carbocycles. The first-order valence-corrected chi connectivity index (χ1v) is 9.17. The van der Waals surface area contributed by atoms with Crippen molar-refractivity contribution in [1.82, 2.24) is 15.1 Å². The third-order valence-electron chi connectivity index (χ3n) is 3.55. The summed E-state index contributed by atoms with van der Waals surface area (Å²) < 4.78 is 11.7. The van der Waals surface area contributed by atoms with Crippen LogP contribution in [-0.2, 0) is 19.1 Å². The van der Waals surface area contributed by atoms with Crippen LogP contribution in [0.25, 0.3) is 5.69 Å². The molecular formula is C18H23N3O4S. The van der Waals surface area contributed by atoms with Crippen molar-refractivity contribution in [1.29, 1.82) is 0 Å². The van der Waals surface area contributed by atoms with Crippen molar-refractivity contribution < 1.29 is 19.1 Å². The van der Waals surface area contributed by atoms with Crippen LogP contribution < -0.4 is 5.32 Å². The minimum Gasteiger partial charge on any atom is -0.455 e. The van der Waals surface area contributed by atoms with Crippen LogP contribution in [-0.4, -0.2) is 54.3 Å². The average Bonchev–Trinajstić information content (AvgIpc) is 2.93. The van der Waals surface area contributed by atoms with Gasteiger partial charge in [-0.3, -0.25) is 9.59 Å². The molecule has 0 spiro atoms. The topological polar surface area (TPSA) is 82.4 Å². The molecule has 0 radical (unpaired) electrons. The highest BCUT2D eigenvalue weighted by atomic mass is 32.2. The summed E-state index contributed by atoms with van der Waals surface area (Å²) in [5.74, 6) is -0.666. The Balaban J connectivity index is 1.87. The molecule has 0 saturated heterocycles. The zero-order valence-corrected chi connectivity index (χ0v) is 16.0. The van der Waals surface area contributed by atoms with Crippen LogP contribution in [0.1, 0.15) is 11.4 Å². The Hall–Kier alpha value is -2.32. The third kappa shape index (κ3) is 5.60. The Morgan fingerprint density at radius 2 is 1.96 bits per heavy atom. The molecule has 1 amide bonds. The highest BCUT2D eigenvalue weighted by molar-refractivity contribution is 8.00. The van der Waals surface area contributed by atoms with Crippen LogP contribution in [0.5, 0.6) is 0 Å². The summed E-state index contributed by atoms with van der Waals surface area (Å²) in [6, 6.07) is 9.81. The molecule has 8 heteroatoms. The van der Waals surface area contributed by atoms with E-state index in [1.165, 1.54) is 11.8 Å². The number of esters is 1. The Labute approximate surface area is 157 Å². The smallest absolute Gasteiger partial charge is 0.316 e. The molecule has 0 unspecified atom stereocenters. The van der Waals surface area contributed by atoms with Crippen LogP contribution in [0, 0.1) is 13.8 Å². The predicted molar refractivity (Wildman–Crippen MR) is 99.6 cm³/mol. The van der Waals surface area contributed by atoms with Gasteiger partial charge < -0.3 is 14.8 Å². The molecule has 0 bridgehead atoms. The van der Waals surface area contributed by atoms with Gasteiger partial charge in [0.25, 0.3) is 5.91 Å². The van der Waals surface area contributed by atoms with Gasteiger partial charge >= 0.3 is 5.97 Å². The number of amides is 1. The highest BCUT2D eigenvalue weighted by Gasteiger charge is 2.15. The van der Waals surface area contributed by atoms with Crippen molar-refractivity contribution in [3.8, 4) is 5.69 Å². The fourth-order valence-electron chi connectivity index (χ4n) is 2.32. The van der Waals surface area contributed by atoms with Crippen molar-refractivity contribution in [3.63, 3.8) is 0 Å². The Morgan fingerprint density at radius 1 is 1.23 bits per heavy atom. The fourth-order valence-corrected chi connectivity index (χ4v) is 3.21. The first-order valence-electron chi connectivity index (χ1n) is 8.18. The van der Waals surface area contributed by atoms with E-state index in [1.54, 1.807) is 7.11 Å². The Kier molecular flexibility index (Phi) is 7.68. The summed E-state index contributed by atoms with van der Waals surface area (Å²) in [5, 5.41) is 7.13. The molecule has 140 valence electrons. The van der Waals surface area contributed by atoms with Gasteiger partial charge in [0.2, 0.25) is 0 Å². The Bertz CT molecular complexity index is 746. The van der Waals surface area contributed by atoms with Gasteiger partial charge in [0.05, 0.1) is 34.3 Å². The lowest BCUT2D eigenvalue weighted by molar-refractivity contribution is -0.145. The molecule has 0 aliphatic heterocycles. The maximum Gasteiger partial charge on any atom is 0.316 e. The summed E-state index contributed by atoms with van der Waals surface area (Å²) >= 11 is 1.36. The van der Waals surface area contributed by atoms with E-state index in [0.29, 0.717) is 13.2 Å². The second-order valence-electron chi connectivity index (χ2n) is 5.54. The first-order chi connectivity index (χ1) is 12.5. The van der Waals surface area contributed by atoms with E-state index in [0.717, 1.165) is 22.0 Å². The van der Waals surface area contributed by atoms with Gasteiger partial charge in [-0.15, -0.1) is 11.8 Å². The van der Waals surface area contributed by atoms with Crippen LogP contribution >= 0.6 is 11.8 Å². The number of aromatic nitrogens is 2. The molecule has 1 N–H and O–H groups in total. The number of thioether (sulfide) groups is 1. The van der Waals surface area contributed by atoms with E-state index >= 15 is 0 Å². The molecule has 26 heavy (non-hydrogen) atoms. The first kappa shape index (κ1) is 20.0. The van der Waals surface area contributed by atoms with Crippen LogP contribution in [0.15, 0.2) is 35.2 Å². The summed E-state index contributed by atoms with van der Waals surface area (Å²) in [7, 11) is 1.55.